The SMILES string of the molecule is CN(Cc1ccccn1)c1cc(Cl)ccc1CBr. The second-order valence-corrected chi connectivity index (χ2v) is 5.08. The maximum absolute atomic E-state index is 6.06. The number of anilines is 1. The van der Waals surface area contributed by atoms with Gasteiger partial charge in [-0.1, -0.05) is 39.7 Å². The Kier molecular flexibility index (Phi) is 4.61. The lowest BCUT2D eigenvalue weighted by molar-refractivity contribution is 0.880. The van der Waals surface area contributed by atoms with Crippen LogP contribution in [0.4, 0.5) is 5.69 Å². The zero-order chi connectivity index (χ0) is 13.0. The first-order chi connectivity index (χ1) is 8.70. The fourth-order valence-corrected chi connectivity index (χ4v) is 2.47. The van der Waals surface area contributed by atoms with E-state index >= 15 is 0 Å². The van der Waals surface area contributed by atoms with Crippen LogP contribution in [0.3, 0.4) is 0 Å². The largest absolute Gasteiger partial charge is 0.368 e. The molecule has 0 atom stereocenters. The van der Waals surface area contributed by atoms with Crippen molar-refractivity contribution >= 4 is 33.2 Å². The van der Waals surface area contributed by atoms with E-state index in [4.69, 9.17) is 11.6 Å². The van der Waals surface area contributed by atoms with Crippen LogP contribution < -0.4 is 4.90 Å². The van der Waals surface area contributed by atoms with E-state index in [1.807, 2.05) is 49.6 Å². The highest BCUT2D eigenvalue weighted by atomic mass is 79.9. The van der Waals surface area contributed by atoms with Crippen LogP contribution in [0.1, 0.15) is 11.3 Å². The molecule has 0 amide bonds. The fraction of sp³-hybridized carbons (Fsp3) is 0.214. The smallest absolute Gasteiger partial charge is 0.0598 e. The molecule has 0 N–H and O–H groups in total. The van der Waals surface area contributed by atoms with Gasteiger partial charge in [-0.2, -0.15) is 0 Å². The third kappa shape index (κ3) is 3.24. The summed E-state index contributed by atoms with van der Waals surface area (Å²) in [7, 11) is 2.05. The second-order valence-electron chi connectivity index (χ2n) is 4.08. The lowest BCUT2D eigenvalue weighted by Crippen LogP contribution is -2.18. The molecule has 0 fully saturated rings. The van der Waals surface area contributed by atoms with E-state index in [1.54, 1.807) is 0 Å². The van der Waals surface area contributed by atoms with E-state index in [0.717, 1.165) is 28.3 Å². The molecule has 0 aliphatic rings. The number of pyridine rings is 1. The Bertz CT molecular complexity index is 516. The first-order valence-corrected chi connectivity index (χ1v) is 7.16. The Morgan fingerprint density at radius 3 is 2.78 bits per heavy atom. The van der Waals surface area contributed by atoms with Crippen LogP contribution in [0.2, 0.25) is 5.02 Å². The quantitative estimate of drug-likeness (QED) is 0.781. The van der Waals surface area contributed by atoms with Crippen LogP contribution >= 0.6 is 27.5 Å². The molecule has 1 aromatic carbocycles. The van der Waals surface area contributed by atoms with Crippen molar-refractivity contribution in [3.8, 4) is 0 Å². The van der Waals surface area contributed by atoms with Gasteiger partial charge in [-0.15, -0.1) is 0 Å². The number of halogens is 2. The molecule has 0 spiro atoms. The van der Waals surface area contributed by atoms with Crippen molar-refractivity contribution in [3.05, 3.63) is 58.9 Å². The molecular weight excluding hydrogens is 312 g/mol. The molecule has 0 unspecified atom stereocenters. The predicted octanol–water partition coefficient (Wildman–Crippen LogP) is 4.27. The minimum Gasteiger partial charge on any atom is -0.368 e. The molecule has 0 aliphatic heterocycles. The van der Waals surface area contributed by atoms with Gasteiger partial charge in [0.05, 0.1) is 12.2 Å². The molecule has 0 radical (unpaired) electrons. The van der Waals surface area contributed by atoms with E-state index in [0.29, 0.717) is 0 Å². The summed E-state index contributed by atoms with van der Waals surface area (Å²) in [6, 6.07) is 11.9. The summed E-state index contributed by atoms with van der Waals surface area (Å²) >= 11 is 9.56. The monoisotopic (exact) mass is 324 g/mol. The lowest BCUT2D eigenvalue weighted by Gasteiger charge is -2.22. The highest BCUT2D eigenvalue weighted by Gasteiger charge is 2.08. The Balaban J connectivity index is 2.23. The Labute approximate surface area is 121 Å². The number of hydrogen-bond donors (Lipinski definition) is 0. The summed E-state index contributed by atoms with van der Waals surface area (Å²) in [4.78, 5) is 6.49. The molecule has 1 heterocycles. The third-order valence-electron chi connectivity index (χ3n) is 2.73. The van der Waals surface area contributed by atoms with Gasteiger partial charge in [-0.3, -0.25) is 4.98 Å². The summed E-state index contributed by atoms with van der Waals surface area (Å²) in [5.74, 6) is 0. The van der Waals surface area contributed by atoms with Crippen LogP contribution in [0.5, 0.6) is 0 Å². The zero-order valence-corrected chi connectivity index (χ0v) is 12.4. The summed E-state index contributed by atoms with van der Waals surface area (Å²) in [6.45, 7) is 0.765. The summed E-state index contributed by atoms with van der Waals surface area (Å²) in [5, 5.41) is 1.56. The van der Waals surface area contributed by atoms with Crippen molar-refractivity contribution in [1.29, 1.82) is 0 Å². The number of aromatic nitrogens is 1. The van der Waals surface area contributed by atoms with E-state index in [-0.39, 0.29) is 0 Å². The molecule has 2 rings (SSSR count). The van der Waals surface area contributed by atoms with E-state index in [2.05, 4.69) is 25.8 Å². The molecule has 0 bridgehead atoms. The Hall–Kier alpha value is -1.06. The molecule has 2 aromatic rings. The van der Waals surface area contributed by atoms with Gasteiger partial charge in [0.1, 0.15) is 0 Å². The number of rotatable bonds is 4. The van der Waals surface area contributed by atoms with Gasteiger partial charge in [0.25, 0.3) is 0 Å². The predicted molar refractivity (Wildman–Crippen MR) is 80.4 cm³/mol. The standard InChI is InChI=1S/C14H14BrClN2/c1-18(10-13-4-2-3-7-17-13)14-8-12(16)6-5-11(14)9-15/h2-8H,9-10H2,1H3. The van der Waals surface area contributed by atoms with Gasteiger partial charge in [0, 0.05) is 29.3 Å². The highest BCUT2D eigenvalue weighted by Crippen LogP contribution is 2.26. The van der Waals surface area contributed by atoms with Crippen LogP contribution in [0, 0.1) is 0 Å². The molecule has 2 nitrogen and oxygen atoms in total. The Morgan fingerprint density at radius 1 is 1.28 bits per heavy atom. The van der Waals surface area contributed by atoms with Crippen molar-refractivity contribution < 1.29 is 0 Å². The van der Waals surface area contributed by atoms with Gasteiger partial charge < -0.3 is 4.90 Å². The first kappa shape index (κ1) is 13.4. The molecule has 0 aliphatic carbocycles. The minimum atomic E-state index is 0.752. The molecule has 1 aromatic heterocycles. The molecular formula is C14H14BrClN2. The van der Waals surface area contributed by atoms with E-state index < -0.39 is 0 Å². The average Bonchev–Trinajstić information content (AvgIpc) is 2.40. The maximum atomic E-state index is 6.06. The van der Waals surface area contributed by atoms with Gasteiger partial charge in [-0.05, 0) is 29.8 Å². The second kappa shape index (κ2) is 6.21. The van der Waals surface area contributed by atoms with Crippen molar-refractivity contribution in [3.63, 3.8) is 0 Å². The highest BCUT2D eigenvalue weighted by molar-refractivity contribution is 9.08. The third-order valence-corrected chi connectivity index (χ3v) is 3.57. The average molecular weight is 326 g/mol. The van der Waals surface area contributed by atoms with E-state index in [1.165, 1.54) is 5.56 Å². The van der Waals surface area contributed by atoms with Gasteiger partial charge >= 0.3 is 0 Å². The minimum absolute atomic E-state index is 0.752. The summed E-state index contributed by atoms with van der Waals surface area (Å²) in [6.07, 6.45) is 1.81. The molecule has 0 saturated carbocycles. The van der Waals surface area contributed by atoms with Crippen LogP contribution in [-0.4, -0.2) is 12.0 Å². The topological polar surface area (TPSA) is 16.1 Å². The maximum Gasteiger partial charge on any atom is 0.0598 e. The van der Waals surface area contributed by atoms with Gasteiger partial charge in [0.2, 0.25) is 0 Å². The van der Waals surface area contributed by atoms with Crippen LogP contribution in [0.15, 0.2) is 42.6 Å². The first-order valence-electron chi connectivity index (χ1n) is 5.66. The molecule has 94 valence electrons. The van der Waals surface area contributed by atoms with Gasteiger partial charge in [0.15, 0.2) is 0 Å². The van der Waals surface area contributed by atoms with Crippen molar-refractivity contribution in [2.24, 2.45) is 0 Å². The Morgan fingerprint density at radius 2 is 2.11 bits per heavy atom. The van der Waals surface area contributed by atoms with Crippen molar-refractivity contribution in [1.82, 2.24) is 4.98 Å². The molecule has 0 saturated heterocycles. The summed E-state index contributed by atoms with van der Waals surface area (Å²) < 4.78 is 0. The molecule has 4 heteroatoms. The van der Waals surface area contributed by atoms with E-state index in [9.17, 15) is 0 Å². The molecule has 18 heavy (non-hydrogen) atoms. The van der Waals surface area contributed by atoms with Crippen molar-refractivity contribution in [2.75, 3.05) is 11.9 Å². The van der Waals surface area contributed by atoms with Crippen molar-refractivity contribution in [2.45, 2.75) is 11.9 Å². The number of hydrogen-bond acceptors (Lipinski definition) is 2. The number of benzene rings is 1. The summed E-state index contributed by atoms with van der Waals surface area (Å²) in [5.41, 5.74) is 3.39. The lowest BCUT2D eigenvalue weighted by atomic mass is 10.2. The number of nitrogens with zero attached hydrogens (tertiary/aromatic N) is 2. The normalized spacial score (nSPS) is 10.4. The van der Waals surface area contributed by atoms with Gasteiger partial charge in [-0.25, -0.2) is 0 Å². The fourth-order valence-electron chi connectivity index (χ4n) is 1.83. The van der Waals surface area contributed by atoms with Crippen LogP contribution in [-0.2, 0) is 11.9 Å². The zero-order valence-electron chi connectivity index (χ0n) is 10.1. The number of alkyl halides is 1. The van der Waals surface area contributed by atoms with Crippen LogP contribution in [0.25, 0.3) is 0 Å².